The van der Waals surface area contributed by atoms with Crippen LogP contribution >= 0.6 is 0 Å². The number of hydrogen-bond acceptors (Lipinski definition) is 6. The molecule has 2 heterocycles. The van der Waals surface area contributed by atoms with E-state index in [0.717, 1.165) is 0 Å². The molecular weight excluding hydrogens is 266 g/mol. The van der Waals surface area contributed by atoms with E-state index in [9.17, 15) is 14.4 Å². The lowest BCUT2D eigenvalue weighted by atomic mass is 9.86. The summed E-state index contributed by atoms with van der Waals surface area (Å²) >= 11 is 0. The third-order valence-electron chi connectivity index (χ3n) is 3.71. The summed E-state index contributed by atoms with van der Waals surface area (Å²) in [7, 11) is 1.52. The van der Waals surface area contributed by atoms with E-state index >= 15 is 0 Å². The number of likely N-dealkylation sites (tertiary alicyclic amines) is 1. The predicted octanol–water partition coefficient (Wildman–Crippen LogP) is -0.416. The molecule has 1 amide bonds. The molecule has 0 spiro atoms. The first-order valence-corrected chi connectivity index (χ1v) is 6.73. The number of Topliss-reactive ketones (excluding diaryl/α,β-unsaturated/α-hetero) is 1. The summed E-state index contributed by atoms with van der Waals surface area (Å²) in [6.45, 7) is 4.48. The topological polar surface area (TPSA) is 82.1 Å². The van der Waals surface area contributed by atoms with Gasteiger partial charge in [-0.15, -0.1) is 0 Å². The molecule has 2 saturated heterocycles. The molecule has 112 valence electrons. The Labute approximate surface area is 117 Å². The smallest absolute Gasteiger partial charge is 0.319 e. The Morgan fingerprint density at radius 2 is 2.05 bits per heavy atom. The molecule has 7 nitrogen and oxygen atoms in total. The number of likely N-dealkylation sites (N-methyl/N-ethyl adjacent to an activating group) is 1. The molecule has 2 aliphatic heterocycles. The van der Waals surface area contributed by atoms with Crippen LogP contribution in [0.5, 0.6) is 0 Å². The average Bonchev–Trinajstić information content (AvgIpc) is 2.60. The van der Waals surface area contributed by atoms with Crippen LogP contribution in [0.15, 0.2) is 0 Å². The van der Waals surface area contributed by atoms with Crippen molar-refractivity contribution in [3.63, 3.8) is 0 Å². The van der Waals surface area contributed by atoms with E-state index in [1.807, 2.05) is 6.92 Å². The molecule has 20 heavy (non-hydrogen) atoms. The number of esters is 1. The molecule has 0 aromatic carbocycles. The number of ketones is 1. The van der Waals surface area contributed by atoms with E-state index in [1.54, 1.807) is 6.92 Å². The zero-order chi connectivity index (χ0) is 14.9. The molecule has 2 rings (SSSR count). The second-order valence-electron chi connectivity index (χ2n) is 4.82. The van der Waals surface area contributed by atoms with Crippen molar-refractivity contribution < 1.29 is 28.6 Å². The molecule has 2 fully saturated rings. The molecule has 0 aliphatic carbocycles. The van der Waals surface area contributed by atoms with Gasteiger partial charge >= 0.3 is 5.97 Å². The molecule has 0 radical (unpaired) electrons. The Kier molecular flexibility index (Phi) is 4.39. The second-order valence-corrected chi connectivity index (χ2v) is 4.82. The maximum atomic E-state index is 12.0. The molecule has 0 aromatic heterocycles. The van der Waals surface area contributed by atoms with E-state index in [2.05, 4.69) is 0 Å². The SMILES string of the molecule is CCOC(=O)C1C(=O)C(=O)N(C)C1C1COC1OCC. The highest BCUT2D eigenvalue weighted by Crippen LogP contribution is 2.36. The highest BCUT2D eigenvalue weighted by molar-refractivity contribution is 6.42. The van der Waals surface area contributed by atoms with Crippen molar-refractivity contribution in [1.29, 1.82) is 0 Å². The van der Waals surface area contributed by atoms with Crippen LogP contribution in [0, 0.1) is 11.8 Å². The molecule has 2 aliphatic rings. The molecule has 0 bridgehead atoms. The molecule has 0 saturated carbocycles. The molecule has 0 aromatic rings. The fourth-order valence-electron chi connectivity index (χ4n) is 2.72. The minimum atomic E-state index is -1.08. The largest absolute Gasteiger partial charge is 0.465 e. The normalized spacial score (nSPS) is 33.2. The van der Waals surface area contributed by atoms with Gasteiger partial charge in [0.1, 0.15) is 5.92 Å². The van der Waals surface area contributed by atoms with Gasteiger partial charge in [0.25, 0.3) is 5.91 Å². The summed E-state index contributed by atoms with van der Waals surface area (Å²) in [6.07, 6.45) is -0.483. The van der Waals surface area contributed by atoms with Crippen molar-refractivity contribution in [2.24, 2.45) is 11.8 Å². The van der Waals surface area contributed by atoms with Gasteiger partial charge in [0.15, 0.2) is 6.29 Å². The first-order chi connectivity index (χ1) is 9.52. The van der Waals surface area contributed by atoms with Gasteiger partial charge in [0, 0.05) is 13.7 Å². The van der Waals surface area contributed by atoms with Crippen LogP contribution in [0.25, 0.3) is 0 Å². The molecule has 4 atom stereocenters. The van der Waals surface area contributed by atoms with Gasteiger partial charge in [-0.1, -0.05) is 0 Å². The zero-order valence-electron chi connectivity index (χ0n) is 11.8. The number of carbonyl (C=O) groups is 3. The van der Waals surface area contributed by atoms with Gasteiger partial charge in [-0.2, -0.15) is 0 Å². The van der Waals surface area contributed by atoms with Crippen LogP contribution in [-0.4, -0.2) is 61.8 Å². The third kappa shape index (κ3) is 2.31. The summed E-state index contributed by atoms with van der Waals surface area (Å²) in [4.78, 5) is 37.1. The standard InChI is InChI=1S/C13H19NO6/c1-4-18-12(17)8-9(14(3)11(16)10(8)15)7-6-20-13(7)19-5-2/h7-9,13H,4-6H2,1-3H3. The lowest BCUT2D eigenvalue weighted by Crippen LogP contribution is -2.55. The highest BCUT2D eigenvalue weighted by atomic mass is 16.7. The van der Waals surface area contributed by atoms with Crippen molar-refractivity contribution in [3.05, 3.63) is 0 Å². The number of amides is 1. The Hall–Kier alpha value is -1.47. The monoisotopic (exact) mass is 285 g/mol. The lowest BCUT2D eigenvalue weighted by Gasteiger charge is -2.42. The third-order valence-corrected chi connectivity index (χ3v) is 3.71. The van der Waals surface area contributed by atoms with E-state index in [4.69, 9.17) is 14.2 Å². The average molecular weight is 285 g/mol. The van der Waals surface area contributed by atoms with Crippen molar-refractivity contribution >= 4 is 17.7 Å². The van der Waals surface area contributed by atoms with Gasteiger partial charge in [-0.25, -0.2) is 0 Å². The summed E-state index contributed by atoms with van der Waals surface area (Å²) in [5, 5.41) is 0. The van der Waals surface area contributed by atoms with E-state index in [-0.39, 0.29) is 12.5 Å². The molecule has 7 heteroatoms. The first-order valence-electron chi connectivity index (χ1n) is 6.73. The van der Waals surface area contributed by atoms with E-state index in [1.165, 1.54) is 11.9 Å². The van der Waals surface area contributed by atoms with Crippen LogP contribution in [0.1, 0.15) is 13.8 Å². The molecule has 4 unspecified atom stereocenters. The molecule has 0 N–H and O–H groups in total. The van der Waals surface area contributed by atoms with Crippen LogP contribution in [-0.2, 0) is 28.6 Å². The summed E-state index contributed by atoms with van der Waals surface area (Å²) < 4.78 is 15.6. The summed E-state index contributed by atoms with van der Waals surface area (Å²) in [6, 6.07) is -0.556. The maximum Gasteiger partial charge on any atom is 0.319 e. The summed E-state index contributed by atoms with van der Waals surface area (Å²) in [5.74, 6) is -3.29. The van der Waals surface area contributed by atoms with E-state index in [0.29, 0.717) is 13.2 Å². The predicted molar refractivity (Wildman–Crippen MR) is 66.5 cm³/mol. The van der Waals surface area contributed by atoms with E-state index < -0.39 is 35.9 Å². The first kappa shape index (κ1) is 14.9. The van der Waals surface area contributed by atoms with Crippen LogP contribution in [0.3, 0.4) is 0 Å². The zero-order valence-corrected chi connectivity index (χ0v) is 11.8. The van der Waals surface area contributed by atoms with Crippen LogP contribution in [0.4, 0.5) is 0 Å². The fourth-order valence-corrected chi connectivity index (χ4v) is 2.72. The quantitative estimate of drug-likeness (QED) is 0.388. The van der Waals surface area contributed by atoms with Crippen molar-refractivity contribution in [3.8, 4) is 0 Å². The maximum absolute atomic E-state index is 12.0. The van der Waals surface area contributed by atoms with Crippen molar-refractivity contribution in [2.75, 3.05) is 26.9 Å². The Morgan fingerprint density at radius 3 is 2.55 bits per heavy atom. The van der Waals surface area contributed by atoms with Gasteiger partial charge in [0.05, 0.1) is 25.2 Å². The number of hydrogen-bond donors (Lipinski definition) is 0. The highest BCUT2D eigenvalue weighted by Gasteiger charge is 2.57. The summed E-state index contributed by atoms with van der Waals surface area (Å²) in [5.41, 5.74) is 0. The number of ether oxygens (including phenoxy) is 3. The Morgan fingerprint density at radius 1 is 1.35 bits per heavy atom. The lowest BCUT2D eigenvalue weighted by molar-refractivity contribution is -0.270. The second kappa shape index (κ2) is 5.88. The minimum Gasteiger partial charge on any atom is -0.465 e. The van der Waals surface area contributed by atoms with Gasteiger partial charge in [0.2, 0.25) is 5.78 Å². The number of nitrogens with zero attached hydrogens (tertiary/aromatic N) is 1. The minimum absolute atomic E-state index is 0.170. The van der Waals surface area contributed by atoms with Crippen LogP contribution in [0.2, 0.25) is 0 Å². The van der Waals surface area contributed by atoms with Crippen LogP contribution < -0.4 is 0 Å². The fraction of sp³-hybridized carbons (Fsp3) is 0.769. The Bertz CT molecular complexity index is 423. The van der Waals surface area contributed by atoms with Gasteiger partial charge in [-0.05, 0) is 13.8 Å². The van der Waals surface area contributed by atoms with Crippen molar-refractivity contribution in [2.45, 2.75) is 26.2 Å². The van der Waals surface area contributed by atoms with Gasteiger partial charge < -0.3 is 19.1 Å². The number of carbonyl (C=O) groups excluding carboxylic acids is 3. The van der Waals surface area contributed by atoms with Gasteiger partial charge in [-0.3, -0.25) is 14.4 Å². The van der Waals surface area contributed by atoms with Crippen molar-refractivity contribution in [1.82, 2.24) is 4.90 Å². The Balaban J connectivity index is 2.20. The number of rotatable bonds is 5. The molecular formula is C13H19NO6.